The second-order valence-corrected chi connectivity index (χ2v) is 7.49. The highest BCUT2D eigenvalue weighted by Crippen LogP contribution is 2.28. The molecule has 1 aliphatic heterocycles. The van der Waals surface area contributed by atoms with Gasteiger partial charge in [0.05, 0.1) is 28.3 Å². The number of H-pyrrole nitrogens is 1. The van der Waals surface area contributed by atoms with Crippen molar-refractivity contribution in [2.75, 3.05) is 26.2 Å². The first-order valence-corrected chi connectivity index (χ1v) is 10.1. The molecule has 4 aromatic heterocycles. The zero-order valence-corrected chi connectivity index (χ0v) is 17.4. The van der Waals surface area contributed by atoms with Crippen molar-refractivity contribution < 1.29 is 27.7 Å². The maximum Gasteiger partial charge on any atom is 0.295 e. The van der Waals surface area contributed by atoms with Gasteiger partial charge in [-0.2, -0.15) is 4.98 Å². The lowest BCUT2D eigenvalue weighted by Gasteiger charge is -2.33. The van der Waals surface area contributed by atoms with Gasteiger partial charge in [0.15, 0.2) is 19.4 Å². The smallest absolute Gasteiger partial charge is 0.295 e. The Morgan fingerprint density at radius 2 is 1.85 bits per heavy atom. The van der Waals surface area contributed by atoms with E-state index in [0.29, 0.717) is 5.66 Å². The summed E-state index contributed by atoms with van der Waals surface area (Å²) in [5.74, 6) is -2.36. The SMILES string of the molecule is Bc1ccc(C(=O)N2CCN(C(=O)C(=O)c3c[nH]c4c(-c5ncon5)ncc(F)c34)CC2)o1. The molecule has 1 N–H and O–H groups in total. The molecule has 0 aromatic carbocycles. The Morgan fingerprint density at radius 1 is 1.09 bits per heavy atom. The molecule has 166 valence electrons. The van der Waals surface area contributed by atoms with Crippen molar-refractivity contribution >= 4 is 42.0 Å². The number of carbonyl (C=O) groups excluding carboxylic acids is 3. The summed E-state index contributed by atoms with van der Waals surface area (Å²) >= 11 is 0. The first-order valence-electron chi connectivity index (χ1n) is 10.1. The van der Waals surface area contributed by atoms with Gasteiger partial charge in [-0.15, -0.1) is 0 Å². The molecular formula is C20H16BFN6O5. The molecule has 2 amide bonds. The summed E-state index contributed by atoms with van der Waals surface area (Å²) in [5.41, 5.74) is 0.870. The van der Waals surface area contributed by atoms with E-state index in [1.165, 1.54) is 11.1 Å². The summed E-state index contributed by atoms with van der Waals surface area (Å²) in [6, 6.07) is 3.30. The molecule has 0 radical (unpaired) electrons. The first kappa shape index (κ1) is 20.6. The maximum absolute atomic E-state index is 14.6. The third kappa shape index (κ3) is 3.56. The fourth-order valence-electron chi connectivity index (χ4n) is 3.81. The minimum absolute atomic E-state index is 0.0786. The molecule has 0 aliphatic carbocycles. The number of Topliss-reactive ketones (excluding diaryl/α,β-unsaturated/α-hetero) is 1. The van der Waals surface area contributed by atoms with E-state index < -0.39 is 17.5 Å². The molecule has 5 rings (SSSR count). The van der Waals surface area contributed by atoms with E-state index in [1.807, 2.05) is 0 Å². The van der Waals surface area contributed by atoms with Crippen LogP contribution in [-0.4, -0.2) is 81.5 Å². The Kier molecular flexibility index (Phi) is 5.00. The number of nitrogens with zero attached hydrogens (tertiary/aromatic N) is 5. The molecule has 0 saturated carbocycles. The summed E-state index contributed by atoms with van der Waals surface area (Å²) in [4.78, 5) is 51.9. The Morgan fingerprint density at radius 3 is 2.52 bits per heavy atom. The number of ketones is 1. The van der Waals surface area contributed by atoms with Gasteiger partial charge < -0.3 is 23.7 Å². The number of nitrogens with one attached hydrogen (secondary N) is 1. The molecule has 11 nitrogen and oxygen atoms in total. The number of amides is 2. The van der Waals surface area contributed by atoms with Crippen LogP contribution >= 0.6 is 0 Å². The summed E-state index contributed by atoms with van der Waals surface area (Å²) in [6.45, 7) is 0.810. The van der Waals surface area contributed by atoms with E-state index in [9.17, 15) is 18.8 Å². The van der Waals surface area contributed by atoms with Gasteiger partial charge >= 0.3 is 0 Å². The zero-order chi connectivity index (χ0) is 23.1. The standard InChI is InChI=1S/C20H16BFN6O5/c21-13-2-1-12(33-13)19(30)27-3-5-28(6-4-27)20(31)17(29)10-7-23-15-14(10)11(22)8-24-16(15)18-25-9-32-26-18/h1-2,7-9,23H,3-6,21H2. The van der Waals surface area contributed by atoms with Crippen LogP contribution in [0.1, 0.15) is 20.9 Å². The van der Waals surface area contributed by atoms with Crippen LogP contribution in [0, 0.1) is 5.82 Å². The van der Waals surface area contributed by atoms with Gasteiger partial charge in [0.25, 0.3) is 17.6 Å². The van der Waals surface area contributed by atoms with E-state index in [4.69, 9.17) is 8.94 Å². The quantitative estimate of drug-likeness (QED) is 0.256. The van der Waals surface area contributed by atoms with Gasteiger partial charge in [-0.25, -0.2) is 9.37 Å². The molecular weight excluding hydrogens is 434 g/mol. The van der Waals surface area contributed by atoms with Gasteiger partial charge in [0.2, 0.25) is 12.2 Å². The molecule has 13 heteroatoms. The minimum atomic E-state index is -0.869. The predicted molar refractivity (Wildman–Crippen MR) is 113 cm³/mol. The van der Waals surface area contributed by atoms with Crippen LogP contribution < -0.4 is 5.66 Å². The third-order valence-corrected chi connectivity index (χ3v) is 5.48. The molecule has 0 spiro atoms. The van der Waals surface area contributed by atoms with Gasteiger partial charge in [0, 0.05) is 32.4 Å². The van der Waals surface area contributed by atoms with E-state index in [1.54, 1.807) is 24.9 Å². The van der Waals surface area contributed by atoms with Gasteiger partial charge in [-0.3, -0.25) is 14.4 Å². The predicted octanol–water partition coefficient (Wildman–Crippen LogP) is -0.229. The summed E-state index contributed by atoms with van der Waals surface area (Å²) in [6.07, 6.45) is 3.30. The molecule has 1 fully saturated rings. The second-order valence-electron chi connectivity index (χ2n) is 7.49. The van der Waals surface area contributed by atoms with Gasteiger partial charge in [0.1, 0.15) is 5.69 Å². The molecule has 0 unspecified atom stereocenters. The zero-order valence-electron chi connectivity index (χ0n) is 17.4. The molecule has 0 atom stereocenters. The van der Waals surface area contributed by atoms with Crippen LogP contribution in [0.2, 0.25) is 0 Å². The number of hydrogen-bond donors (Lipinski definition) is 1. The molecule has 5 heterocycles. The van der Waals surface area contributed by atoms with Crippen molar-refractivity contribution in [1.29, 1.82) is 0 Å². The van der Waals surface area contributed by atoms with Crippen molar-refractivity contribution in [3.05, 3.63) is 48.1 Å². The van der Waals surface area contributed by atoms with Crippen LogP contribution in [0.3, 0.4) is 0 Å². The van der Waals surface area contributed by atoms with Crippen LogP contribution in [0.15, 0.2) is 39.9 Å². The monoisotopic (exact) mass is 450 g/mol. The number of aromatic amines is 1. The molecule has 1 aliphatic rings. The average molecular weight is 450 g/mol. The number of piperazine rings is 1. The number of halogens is 1. The number of hydrogen-bond acceptors (Lipinski definition) is 8. The lowest BCUT2D eigenvalue weighted by molar-refractivity contribution is -0.127. The second kappa shape index (κ2) is 8.00. The van der Waals surface area contributed by atoms with Crippen LogP contribution in [0.4, 0.5) is 4.39 Å². The van der Waals surface area contributed by atoms with E-state index in [0.717, 1.165) is 12.6 Å². The fraction of sp³-hybridized carbons (Fsp3) is 0.200. The van der Waals surface area contributed by atoms with E-state index in [-0.39, 0.29) is 65.8 Å². The summed E-state index contributed by atoms with van der Waals surface area (Å²) in [5, 5.41) is 3.60. The highest BCUT2D eigenvalue weighted by Gasteiger charge is 2.32. The molecule has 4 aromatic rings. The fourth-order valence-corrected chi connectivity index (χ4v) is 3.81. The topological polar surface area (TPSA) is 138 Å². The Balaban J connectivity index is 1.34. The number of carbonyl (C=O) groups is 3. The number of aromatic nitrogens is 4. The number of rotatable bonds is 4. The summed E-state index contributed by atoms with van der Waals surface area (Å²) in [7, 11) is 1.74. The molecule has 0 bridgehead atoms. The van der Waals surface area contributed by atoms with E-state index >= 15 is 0 Å². The third-order valence-electron chi connectivity index (χ3n) is 5.48. The summed E-state index contributed by atoms with van der Waals surface area (Å²) < 4.78 is 24.7. The Labute approximate surface area is 186 Å². The minimum Gasteiger partial charge on any atom is -0.467 e. The maximum atomic E-state index is 14.6. The van der Waals surface area contributed by atoms with E-state index in [2.05, 4.69) is 20.1 Å². The first-order chi connectivity index (χ1) is 15.9. The Bertz CT molecular complexity index is 1370. The number of pyridine rings is 1. The largest absolute Gasteiger partial charge is 0.467 e. The highest BCUT2D eigenvalue weighted by atomic mass is 19.1. The van der Waals surface area contributed by atoms with Crippen molar-refractivity contribution in [3.63, 3.8) is 0 Å². The lowest BCUT2D eigenvalue weighted by atomic mass is 10.1. The average Bonchev–Trinajstić information content (AvgIpc) is 3.59. The van der Waals surface area contributed by atoms with Crippen LogP contribution in [-0.2, 0) is 4.79 Å². The lowest BCUT2D eigenvalue weighted by Crippen LogP contribution is -2.52. The molecule has 33 heavy (non-hydrogen) atoms. The normalized spacial score (nSPS) is 14.1. The van der Waals surface area contributed by atoms with Crippen molar-refractivity contribution in [2.24, 2.45) is 0 Å². The van der Waals surface area contributed by atoms with Crippen molar-refractivity contribution in [1.82, 2.24) is 29.9 Å². The number of fused-ring (bicyclic) bond motifs is 1. The van der Waals surface area contributed by atoms with Crippen LogP contribution in [0.25, 0.3) is 22.4 Å². The van der Waals surface area contributed by atoms with Crippen molar-refractivity contribution in [3.8, 4) is 11.5 Å². The highest BCUT2D eigenvalue weighted by molar-refractivity contribution is 6.45. The molecule has 1 saturated heterocycles. The number of furan rings is 1. The van der Waals surface area contributed by atoms with Gasteiger partial charge in [-0.1, -0.05) is 5.16 Å². The Hall–Kier alpha value is -4.29. The van der Waals surface area contributed by atoms with Crippen molar-refractivity contribution in [2.45, 2.75) is 0 Å². The van der Waals surface area contributed by atoms with Gasteiger partial charge in [-0.05, 0) is 12.1 Å². The van der Waals surface area contributed by atoms with Crippen LogP contribution in [0.5, 0.6) is 0 Å².